The minimum absolute atomic E-state index is 0.301. The van der Waals surface area contributed by atoms with Crippen molar-refractivity contribution in [1.29, 1.82) is 0 Å². The van der Waals surface area contributed by atoms with Gasteiger partial charge in [-0.3, -0.25) is 0 Å². The molecule has 0 atom stereocenters. The zero-order valence-electron chi connectivity index (χ0n) is 12.3. The average Bonchev–Trinajstić information content (AvgIpc) is 3.00. The van der Waals surface area contributed by atoms with Crippen LogP contribution in [0.3, 0.4) is 0 Å². The fourth-order valence-corrected chi connectivity index (χ4v) is 4.89. The first-order valence-electron chi connectivity index (χ1n) is 7.67. The molecule has 122 valence electrons. The van der Waals surface area contributed by atoms with Crippen molar-refractivity contribution < 1.29 is 17.2 Å². The van der Waals surface area contributed by atoms with E-state index < -0.39 is 21.7 Å². The van der Waals surface area contributed by atoms with Crippen molar-refractivity contribution >= 4 is 10.0 Å². The van der Waals surface area contributed by atoms with Gasteiger partial charge in [-0.15, -0.1) is 0 Å². The summed E-state index contributed by atoms with van der Waals surface area (Å²) in [6.07, 6.45) is 3.97. The molecule has 7 heteroatoms. The zero-order chi connectivity index (χ0) is 15.7. The largest absolute Gasteiger partial charge is 0.300 e. The molecule has 4 nitrogen and oxygen atoms in total. The molecule has 2 aliphatic heterocycles. The molecule has 2 saturated heterocycles. The molecule has 0 aliphatic carbocycles. The van der Waals surface area contributed by atoms with Crippen LogP contribution in [0.4, 0.5) is 8.78 Å². The maximum Gasteiger partial charge on any atom is 0.243 e. The molecule has 0 amide bonds. The molecule has 22 heavy (non-hydrogen) atoms. The van der Waals surface area contributed by atoms with Gasteiger partial charge in [0.2, 0.25) is 10.0 Å². The number of hydrogen-bond donors (Lipinski definition) is 0. The Morgan fingerprint density at radius 2 is 1.45 bits per heavy atom. The van der Waals surface area contributed by atoms with E-state index in [-0.39, 0.29) is 4.90 Å². The minimum Gasteiger partial charge on any atom is -0.300 e. The second-order valence-electron chi connectivity index (χ2n) is 5.98. The van der Waals surface area contributed by atoms with Crippen LogP contribution in [0, 0.1) is 11.6 Å². The molecular weight excluding hydrogens is 310 g/mol. The van der Waals surface area contributed by atoms with Gasteiger partial charge in [0.25, 0.3) is 0 Å². The third-order valence-electron chi connectivity index (χ3n) is 4.55. The molecule has 0 aromatic heterocycles. The summed E-state index contributed by atoms with van der Waals surface area (Å²) in [4.78, 5) is 2.12. The molecule has 3 rings (SSSR count). The van der Waals surface area contributed by atoms with E-state index in [2.05, 4.69) is 4.90 Å². The van der Waals surface area contributed by atoms with Crippen LogP contribution in [-0.4, -0.2) is 49.8 Å². The third-order valence-corrected chi connectivity index (χ3v) is 6.43. The van der Waals surface area contributed by atoms with Crippen molar-refractivity contribution in [3.8, 4) is 0 Å². The molecule has 0 spiro atoms. The van der Waals surface area contributed by atoms with E-state index in [1.165, 1.54) is 17.1 Å². The third kappa shape index (κ3) is 3.16. The normalized spacial score (nSPS) is 22.3. The lowest BCUT2D eigenvalue weighted by Gasteiger charge is -2.36. The molecule has 0 radical (unpaired) electrons. The van der Waals surface area contributed by atoms with Crippen molar-refractivity contribution in [1.82, 2.24) is 9.21 Å². The number of likely N-dealkylation sites (tertiary alicyclic amines) is 1. The van der Waals surface area contributed by atoms with Gasteiger partial charge >= 0.3 is 0 Å². The quantitative estimate of drug-likeness (QED) is 0.853. The number of hydrogen-bond acceptors (Lipinski definition) is 3. The van der Waals surface area contributed by atoms with Gasteiger partial charge in [-0.2, -0.15) is 4.31 Å². The molecule has 0 bridgehead atoms. The van der Waals surface area contributed by atoms with Crippen molar-refractivity contribution in [3.63, 3.8) is 0 Å². The van der Waals surface area contributed by atoms with E-state index in [0.717, 1.165) is 38.1 Å². The Bertz CT molecular complexity index is 617. The second-order valence-corrected chi connectivity index (χ2v) is 7.92. The van der Waals surface area contributed by atoms with Crippen LogP contribution in [0.2, 0.25) is 0 Å². The number of piperidine rings is 1. The number of nitrogens with zero attached hydrogens (tertiary/aromatic N) is 2. The zero-order valence-corrected chi connectivity index (χ0v) is 13.2. The lowest BCUT2D eigenvalue weighted by Crippen LogP contribution is -2.45. The summed E-state index contributed by atoms with van der Waals surface area (Å²) >= 11 is 0. The van der Waals surface area contributed by atoms with E-state index in [4.69, 9.17) is 0 Å². The molecule has 2 aliphatic rings. The Morgan fingerprint density at radius 1 is 0.909 bits per heavy atom. The smallest absolute Gasteiger partial charge is 0.243 e. The molecule has 1 aromatic rings. The summed E-state index contributed by atoms with van der Waals surface area (Å²) in [7, 11) is -3.82. The molecule has 1 aromatic carbocycles. The van der Waals surface area contributed by atoms with Crippen molar-refractivity contribution in [2.75, 3.05) is 26.2 Å². The van der Waals surface area contributed by atoms with Crippen molar-refractivity contribution in [3.05, 3.63) is 29.8 Å². The summed E-state index contributed by atoms with van der Waals surface area (Å²) in [6.45, 7) is 2.99. The lowest BCUT2D eigenvalue weighted by atomic mass is 10.1. The van der Waals surface area contributed by atoms with Gasteiger partial charge in [0.05, 0.1) is 4.90 Å². The van der Waals surface area contributed by atoms with E-state index >= 15 is 0 Å². The Kier molecular flexibility index (Phi) is 4.47. The monoisotopic (exact) mass is 330 g/mol. The molecule has 0 N–H and O–H groups in total. The highest BCUT2D eigenvalue weighted by Gasteiger charge is 2.32. The van der Waals surface area contributed by atoms with Crippen LogP contribution < -0.4 is 0 Å². The molecule has 2 fully saturated rings. The fourth-order valence-electron chi connectivity index (χ4n) is 3.38. The number of halogens is 2. The van der Waals surface area contributed by atoms with Gasteiger partial charge < -0.3 is 4.90 Å². The highest BCUT2D eigenvalue weighted by atomic mass is 32.2. The molecule has 2 heterocycles. The van der Waals surface area contributed by atoms with Crippen LogP contribution in [-0.2, 0) is 10.0 Å². The number of benzene rings is 1. The first-order chi connectivity index (χ1) is 10.5. The Hall–Kier alpha value is -1.05. The van der Waals surface area contributed by atoms with Crippen molar-refractivity contribution in [2.45, 2.75) is 36.6 Å². The number of sulfonamides is 1. The van der Waals surface area contributed by atoms with Gasteiger partial charge in [0.15, 0.2) is 0 Å². The highest BCUT2D eigenvalue weighted by molar-refractivity contribution is 7.89. The molecule has 0 unspecified atom stereocenters. The van der Waals surface area contributed by atoms with Gasteiger partial charge in [-0.05, 0) is 50.9 Å². The highest BCUT2D eigenvalue weighted by Crippen LogP contribution is 2.26. The lowest BCUT2D eigenvalue weighted by molar-refractivity contribution is 0.168. The van der Waals surface area contributed by atoms with Crippen molar-refractivity contribution in [2.24, 2.45) is 0 Å². The van der Waals surface area contributed by atoms with E-state index in [1.807, 2.05) is 0 Å². The Morgan fingerprint density at radius 3 is 2.00 bits per heavy atom. The van der Waals surface area contributed by atoms with Gasteiger partial charge in [-0.1, -0.05) is 0 Å². The Labute approximate surface area is 129 Å². The predicted octanol–water partition coefficient (Wildman–Crippen LogP) is 2.21. The van der Waals surface area contributed by atoms with Crippen LogP contribution >= 0.6 is 0 Å². The maximum absolute atomic E-state index is 13.3. The standard InChI is InChI=1S/C15H20F2N2O2S/c16-12-9-13(17)11-15(10-12)22(20,21)19-7-3-14(4-8-19)18-5-1-2-6-18/h9-11,14H,1-8H2. The van der Waals surface area contributed by atoms with E-state index in [9.17, 15) is 17.2 Å². The molecule has 0 saturated carbocycles. The summed E-state index contributed by atoms with van der Waals surface area (Å²) in [5.74, 6) is -1.74. The van der Waals surface area contributed by atoms with Crippen LogP contribution in [0.5, 0.6) is 0 Å². The first kappa shape index (κ1) is 15.8. The van der Waals surface area contributed by atoms with E-state index in [0.29, 0.717) is 25.2 Å². The van der Waals surface area contributed by atoms with Crippen LogP contribution in [0.25, 0.3) is 0 Å². The topological polar surface area (TPSA) is 40.6 Å². The van der Waals surface area contributed by atoms with E-state index in [1.54, 1.807) is 0 Å². The minimum atomic E-state index is -3.82. The summed E-state index contributed by atoms with van der Waals surface area (Å²) < 4.78 is 52.9. The predicted molar refractivity (Wildman–Crippen MR) is 78.9 cm³/mol. The molecular formula is C15H20F2N2O2S. The van der Waals surface area contributed by atoms with Crippen LogP contribution in [0.15, 0.2) is 23.1 Å². The summed E-state index contributed by atoms with van der Waals surface area (Å²) in [5.41, 5.74) is 0. The van der Waals surface area contributed by atoms with Gasteiger partial charge in [0, 0.05) is 25.2 Å². The van der Waals surface area contributed by atoms with Gasteiger partial charge in [-0.25, -0.2) is 17.2 Å². The fraction of sp³-hybridized carbons (Fsp3) is 0.600. The first-order valence-corrected chi connectivity index (χ1v) is 9.11. The maximum atomic E-state index is 13.3. The summed E-state index contributed by atoms with van der Waals surface area (Å²) in [5, 5.41) is 0. The Balaban J connectivity index is 1.71. The number of rotatable bonds is 3. The average molecular weight is 330 g/mol. The SMILES string of the molecule is O=S(=O)(c1cc(F)cc(F)c1)N1CCC(N2CCCC2)CC1. The second kappa shape index (κ2) is 6.22. The van der Waals surface area contributed by atoms with Gasteiger partial charge in [0.1, 0.15) is 11.6 Å². The van der Waals surface area contributed by atoms with Crippen LogP contribution in [0.1, 0.15) is 25.7 Å². The summed E-state index contributed by atoms with van der Waals surface area (Å²) in [6, 6.07) is 2.87.